The second-order valence-corrected chi connectivity index (χ2v) is 2.59. The predicted molar refractivity (Wildman–Crippen MR) is 40.6 cm³/mol. The molecule has 0 atom stereocenters. The highest BCUT2D eigenvalue weighted by atomic mass is 35.5. The molecule has 2 N–H and O–H groups in total. The highest BCUT2D eigenvalue weighted by molar-refractivity contribution is 6.29. The summed E-state index contributed by atoms with van der Waals surface area (Å²) in [5.74, 6) is 0. The molecule has 0 spiro atoms. The van der Waals surface area contributed by atoms with Crippen LogP contribution in [0.2, 0.25) is 0 Å². The van der Waals surface area contributed by atoms with Crippen LogP contribution in [0.15, 0.2) is 11.2 Å². The van der Waals surface area contributed by atoms with E-state index >= 15 is 0 Å². The standard InChI is InChI=1S/C5H11ClN4/c1-9(2)10-7-4-3-5(6)8-10/h3,7-8H,4H2,1-2H3. The van der Waals surface area contributed by atoms with Crippen molar-refractivity contribution in [3.05, 3.63) is 11.2 Å². The lowest BCUT2D eigenvalue weighted by Gasteiger charge is -2.31. The Morgan fingerprint density at radius 1 is 1.70 bits per heavy atom. The van der Waals surface area contributed by atoms with E-state index in [1.54, 1.807) is 5.23 Å². The first-order valence-electron chi connectivity index (χ1n) is 3.03. The Morgan fingerprint density at radius 3 is 2.80 bits per heavy atom. The van der Waals surface area contributed by atoms with Gasteiger partial charge < -0.3 is 0 Å². The number of nitrogens with zero attached hydrogens (tertiary/aromatic N) is 2. The summed E-state index contributed by atoms with van der Waals surface area (Å²) < 4.78 is 0. The molecule has 0 aromatic rings. The van der Waals surface area contributed by atoms with E-state index in [1.165, 1.54) is 0 Å². The molecule has 0 saturated heterocycles. The smallest absolute Gasteiger partial charge is 0.116 e. The van der Waals surface area contributed by atoms with Crippen LogP contribution in [0.5, 0.6) is 0 Å². The van der Waals surface area contributed by atoms with Crippen molar-refractivity contribution in [3.8, 4) is 0 Å². The summed E-state index contributed by atoms with van der Waals surface area (Å²) in [5, 5.41) is 4.21. The molecule has 4 nitrogen and oxygen atoms in total. The second kappa shape index (κ2) is 3.21. The topological polar surface area (TPSA) is 30.5 Å². The first kappa shape index (κ1) is 7.81. The van der Waals surface area contributed by atoms with Gasteiger partial charge in [-0.25, -0.2) is 10.4 Å². The van der Waals surface area contributed by atoms with E-state index < -0.39 is 0 Å². The van der Waals surface area contributed by atoms with Crippen molar-refractivity contribution in [2.75, 3.05) is 20.6 Å². The van der Waals surface area contributed by atoms with E-state index in [-0.39, 0.29) is 0 Å². The van der Waals surface area contributed by atoms with Gasteiger partial charge in [-0.1, -0.05) is 16.8 Å². The van der Waals surface area contributed by atoms with Gasteiger partial charge in [-0.3, -0.25) is 5.43 Å². The summed E-state index contributed by atoms with van der Waals surface area (Å²) in [6, 6.07) is 0. The average Bonchev–Trinajstić information content (AvgIpc) is 1.88. The van der Waals surface area contributed by atoms with Crippen LogP contribution < -0.4 is 10.9 Å². The molecule has 58 valence electrons. The summed E-state index contributed by atoms with van der Waals surface area (Å²) in [6.07, 6.45) is 1.86. The van der Waals surface area contributed by atoms with Crippen LogP contribution >= 0.6 is 11.6 Å². The van der Waals surface area contributed by atoms with Crippen LogP contribution in [0, 0.1) is 0 Å². The molecule has 0 aromatic heterocycles. The molecule has 0 bridgehead atoms. The van der Waals surface area contributed by atoms with Gasteiger partial charge in [0, 0.05) is 20.6 Å². The molecule has 1 aliphatic heterocycles. The number of hydrogen-bond acceptors (Lipinski definition) is 4. The molecule has 0 unspecified atom stereocenters. The maximum absolute atomic E-state index is 5.70. The van der Waals surface area contributed by atoms with Crippen molar-refractivity contribution in [2.24, 2.45) is 0 Å². The summed E-state index contributed by atoms with van der Waals surface area (Å²) in [6.45, 7) is 0.754. The minimum absolute atomic E-state index is 0.646. The largest absolute Gasteiger partial charge is 0.281 e. The lowest BCUT2D eigenvalue weighted by atomic mass is 10.6. The minimum Gasteiger partial charge on any atom is -0.281 e. The Balaban J connectivity index is 2.45. The fraction of sp³-hybridized carbons (Fsp3) is 0.600. The van der Waals surface area contributed by atoms with E-state index in [0.717, 1.165) is 6.54 Å². The number of rotatable bonds is 1. The predicted octanol–water partition coefficient (Wildman–Crippen LogP) is -0.132. The Morgan fingerprint density at radius 2 is 2.40 bits per heavy atom. The molecule has 0 aliphatic carbocycles. The number of hydrogen-bond donors (Lipinski definition) is 2. The molecule has 0 amide bonds. The van der Waals surface area contributed by atoms with Gasteiger partial charge in [0.05, 0.1) is 0 Å². The van der Waals surface area contributed by atoms with Crippen molar-refractivity contribution in [1.82, 2.24) is 21.1 Å². The molecule has 10 heavy (non-hydrogen) atoms. The van der Waals surface area contributed by atoms with Crippen LogP contribution in [0.1, 0.15) is 0 Å². The minimum atomic E-state index is 0.646. The van der Waals surface area contributed by atoms with Crippen LogP contribution in [0.25, 0.3) is 0 Å². The van der Waals surface area contributed by atoms with Crippen molar-refractivity contribution in [2.45, 2.75) is 0 Å². The van der Waals surface area contributed by atoms with Gasteiger partial charge >= 0.3 is 0 Å². The highest BCUT2D eigenvalue weighted by Gasteiger charge is 2.09. The zero-order chi connectivity index (χ0) is 7.56. The number of hydrazine groups is 3. The Kier molecular flexibility index (Phi) is 2.50. The molecule has 1 heterocycles. The Labute approximate surface area is 65.3 Å². The molecule has 0 aromatic carbocycles. The third-order valence-electron chi connectivity index (χ3n) is 1.14. The van der Waals surface area contributed by atoms with E-state index in [1.807, 2.05) is 25.2 Å². The fourth-order valence-electron chi connectivity index (χ4n) is 0.649. The normalized spacial score (nSPS) is 20.6. The zero-order valence-electron chi connectivity index (χ0n) is 6.06. The second-order valence-electron chi connectivity index (χ2n) is 2.19. The Bertz CT molecular complexity index is 145. The summed E-state index contributed by atoms with van der Waals surface area (Å²) in [4.78, 5) is 0. The molecule has 1 rings (SSSR count). The quantitative estimate of drug-likeness (QED) is 0.526. The Hall–Kier alpha value is -0.290. The molecule has 0 fully saturated rings. The van der Waals surface area contributed by atoms with Crippen molar-refractivity contribution < 1.29 is 0 Å². The van der Waals surface area contributed by atoms with Gasteiger partial charge in [-0.05, 0) is 6.08 Å². The molecular formula is C5H11ClN4. The van der Waals surface area contributed by atoms with Crippen LogP contribution in [-0.4, -0.2) is 30.9 Å². The van der Waals surface area contributed by atoms with Crippen LogP contribution in [0.3, 0.4) is 0 Å². The molecule has 1 aliphatic rings. The van der Waals surface area contributed by atoms with Gasteiger partial charge in [-0.2, -0.15) is 0 Å². The summed E-state index contributed by atoms with van der Waals surface area (Å²) in [7, 11) is 3.82. The van der Waals surface area contributed by atoms with E-state index in [9.17, 15) is 0 Å². The first-order valence-corrected chi connectivity index (χ1v) is 3.41. The highest BCUT2D eigenvalue weighted by Crippen LogP contribution is 2.00. The van der Waals surface area contributed by atoms with Crippen molar-refractivity contribution >= 4 is 11.6 Å². The third-order valence-corrected chi connectivity index (χ3v) is 1.37. The van der Waals surface area contributed by atoms with Crippen LogP contribution in [0.4, 0.5) is 0 Å². The number of nitrogens with one attached hydrogen (secondary N) is 2. The lowest BCUT2D eigenvalue weighted by Crippen LogP contribution is -2.56. The van der Waals surface area contributed by atoms with Crippen molar-refractivity contribution in [3.63, 3.8) is 0 Å². The SMILES string of the molecule is CN(C)N1NCC=C(Cl)N1. The van der Waals surface area contributed by atoms with Gasteiger partial charge in [0.2, 0.25) is 0 Å². The molecule has 0 radical (unpaired) electrons. The summed E-state index contributed by atoms with van der Waals surface area (Å²) >= 11 is 5.70. The van der Waals surface area contributed by atoms with Gasteiger partial charge in [-0.15, -0.1) is 0 Å². The number of halogens is 1. The van der Waals surface area contributed by atoms with E-state index in [2.05, 4.69) is 10.9 Å². The molecule has 0 saturated carbocycles. The fourth-order valence-corrected chi connectivity index (χ4v) is 0.807. The lowest BCUT2D eigenvalue weighted by molar-refractivity contribution is -0.0669. The monoisotopic (exact) mass is 162 g/mol. The maximum Gasteiger partial charge on any atom is 0.116 e. The van der Waals surface area contributed by atoms with Crippen molar-refractivity contribution in [1.29, 1.82) is 0 Å². The zero-order valence-corrected chi connectivity index (χ0v) is 6.81. The summed E-state index contributed by atoms with van der Waals surface area (Å²) in [5.41, 5.74) is 5.93. The van der Waals surface area contributed by atoms with Gasteiger partial charge in [0.1, 0.15) is 5.16 Å². The third kappa shape index (κ3) is 1.85. The van der Waals surface area contributed by atoms with E-state index in [0.29, 0.717) is 5.16 Å². The first-order chi connectivity index (χ1) is 4.70. The average molecular weight is 163 g/mol. The maximum atomic E-state index is 5.70. The van der Waals surface area contributed by atoms with E-state index in [4.69, 9.17) is 11.6 Å². The molecular weight excluding hydrogens is 152 g/mol. The molecule has 5 heteroatoms. The van der Waals surface area contributed by atoms with Gasteiger partial charge in [0.15, 0.2) is 0 Å². The van der Waals surface area contributed by atoms with Crippen LogP contribution in [-0.2, 0) is 0 Å². The van der Waals surface area contributed by atoms with Gasteiger partial charge in [0.25, 0.3) is 0 Å².